The Hall–Kier alpha value is -1.32. The lowest BCUT2D eigenvalue weighted by Gasteiger charge is -2.18. The van der Waals surface area contributed by atoms with Crippen LogP contribution in [0.15, 0.2) is 24.3 Å². The number of benzene rings is 1. The minimum Gasteiger partial charge on any atom is -0.366 e. The number of hydrogen-bond acceptors (Lipinski definition) is 3. The van der Waals surface area contributed by atoms with Gasteiger partial charge in [0.25, 0.3) is 0 Å². The van der Waals surface area contributed by atoms with Crippen molar-refractivity contribution >= 4 is 29.0 Å². The van der Waals surface area contributed by atoms with E-state index in [-0.39, 0.29) is 0 Å². The van der Waals surface area contributed by atoms with Gasteiger partial charge in [-0.15, -0.1) is 0 Å². The van der Waals surface area contributed by atoms with Crippen LogP contribution in [0.2, 0.25) is 10.3 Å². The van der Waals surface area contributed by atoms with Gasteiger partial charge < -0.3 is 5.32 Å². The molecule has 1 aromatic carbocycles. The van der Waals surface area contributed by atoms with E-state index in [1.54, 1.807) is 0 Å². The summed E-state index contributed by atoms with van der Waals surface area (Å²) in [6, 6.07) is 7.79. The second kappa shape index (κ2) is 5.98. The van der Waals surface area contributed by atoms with Gasteiger partial charge in [0, 0.05) is 17.1 Å². The second-order valence-electron chi connectivity index (χ2n) is 4.95. The number of fused-ring (bicyclic) bond motifs is 1. The first-order valence-electron chi connectivity index (χ1n) is 6.76. The molecule has 1 aliphatic carbocycles. The zero-order valence-electron chi connectivity index (χ0n) is 11.0. The predicted molar refractivity (Wildman–Crippen MR) is 82.5 cm³/mol. The minimum atomic E-state index is 0.323. The fourth-order valence-electron chi connectivity index (χ4n) is 2.50. The predicted octanol–water partition coefficient (Wildman–Crippen LogP) is 4.27. The van der Waals surface area contributed by atoms with Gasteiger partial charge in [0.05, 0.1) is 5.69 Å². The molecule has 0 amide bonds. The highest BCUT2D eigenvalue weighted by atomic mass is 35.5. The van der Waals surface area contributed by atoms with Crippen LogP contribution in [0.5, 0.6) is 0 Å². The number of aryl methyl sites for hydroxylation is 1. The van der Waals surface area contributed by atoms with Crippen LogP contribution in [0.3, 0.4) is 0 Å². The summed E-state index contributed by atoms with van der Waals surface area (Å²) >= 11 is 11.9. The molecule has 0 spiro atoms. The maximum atomic E-state index is 6.00. The molecule has 0 atom stereocenters. The lowest BCUT2D eigenvalue weighted by atomic mass is 9.96. The van der Waals surface area contributed by atoms with Crippen LogP contribution in [-0.2, 0) is 19.4 Å². The maximum Gasteiger partial charge on any atom is 0.224 e. The molecule has 0 fully saturated rings. The Balaban J connectivity index is 1.80. The average Bonchev–Trinajstić information content (AvgIpc) is 2.46. The summed E-state index contributed by atoms with van der Waals surface area (Å²) < 4.78 is 0. The summed E-state index contributed by atoms with van der Waals surface area (Å²) in [5.74, 6) is 0.870. The molecule has 1 aliphatic rings. The third-order valence-electron chi connectivity index (χ3n) is 3.53. The normalized spacial score (nSPS) is 13.9. The molecule has 0 saturated heterocycles. The molecule has 0 saturated carbocycles. The van der Waals surface area contributed by atoms with Crippen molar-refractivity contribution in [3.8, 4) is 0 Å². The van der Waals surface area contributed by atoms with Crippen molar-refractivity contribution in [2.24, 2.45) is 0 Å². The lowest BCUT2D eigenvalue weighted by Crippen LogP contribution is -2.12. The van der Waals surface area contributed by atoms with Crippen LogP contribution in [0.1, 0.15) is 29.7 Å². The van der Waals surface area contributed by atoms with Crippen molar-refractivity contribution in [2.75, 3.05) is 5.32 Å². The molecule has 1 aromatic heterocycles. The standard InChI is InChI=1S/C15H15Cl2N3/c16-11-7-5-10(6-8-11)9-18-14-12-3-1-2-4-13(12)19-15(17)20-14/h5-8H,1-4,9H2,(H,18,19,20). The Morgan fingerprint density at radius 1 is 1.00 bits per heavy atom. The molecule has 5 heteroatoms. The topological polar surface area (TPSA) is 37.8 Å². The SMILES string of the molecule is Clc1ccc(CNc2nc(Cl)nc3c2CCCC3)cc1. The first-order chi connectivity index (χ1) is 9.72. The van der Waals surface area contributed by atoms with Gasteiger partial charge in [0.15, 0.2) is 0 Å². The van der Waals surface area contributed by atoms with Crippen LogP contribution >= 0.6 is 23.2 Å². The average molecular weight is 308 g/mol. The molecular weight excluding hydrogens is 293 g/mol. The molecule has 3 rings (SSSR count). The van der Waals surface area contributed by atoms with E-state index in [2.05, 4.69) is 15.3 Å². The van der Waals surface area contributed by atoms with Gasteiger partial charge in [-0.2, -0.15) is 0 Å². The quantitative estimate of drug-likeness (QED) is 0.860. The molecule has 3 nitrogen and oxygen atoms in total. The zero-order valence-corrected chi connectivity index (χ0v) is 12.5. The van der Waals surface area contributed by atoms with Crippen molar-refractivity contribution in [3.05, 3.63) is 51.4 Å². The maximum absolute atomic E-state index is 6.00. The lowest BCUT2D eigenvalue weighted by molar-refractivity contribution is 0.663. The number of nitrogens with one attached hydrogen (secondary N) is 1. The summed E-state index contributed by atoms with van der Waals surface area (Å²) in [5, 5.41) is 4.44. The first kappa shape index (κ1) is 13.7. The van der Waals surface area contributed by atoms with E-state index < -0.39 is 0 Å². The van der Waals surface area contributed by atoms with E-state index in [9.17, 15) is 0 Å². The monoisotopic (exact) mass is 307 g/mol. The number of nitrogens with zero attached hydrogens (tertiary/aromatic N) is 2. The highest BCUT2D eigenvalue weighted by Gasteiger charge is 2.17. The first-order valence-corrected chi connectivity index (χ1v) is 7.51. The second-order valence-corrected chi connectivity index (χ2v) is 5.73. The fraction of sp³-hybridized carbons (Fsp3) is 0.333. The van der Waals surface area contributed by atoms with Crippen LogP contribution in [0, 0.1) is 0 Å². The molecular formula is C15H15Cl2N3. The van der Waals surface area contributed by atoms with Crippen LogP contribution in [0.25, 0.3) is 0 Å². The van der Waals surface area contributed by atoms with Gasteiger partial charge in [-0.05, 0) is 55.0 Å². The van der Waals surface area contributed by atoms with E-state index in [0.717, 1.165) is 34.9 Å². The molecule has 104 valence electrons. The van der Waals surface area contributed by atoms with Crippen molar-refractivity contribution in [3.63, 3.8) is 0 Å². The fourth-order valence-corrected chi connectivity index (χ4v) is 2.81. The van der Waals surface area contributed by atoms with E-state index in [0.29, 0.717) is 11.8 Å². The Bertz CT molecular complexity index is 611. The van der Waals surface area contributed by atoms with Crippen LogP contribution in [-0.4, -0.2) is 9.97 Å². The molecule has 0 bridgehead atoms. The highest BCUT2D eigenvalue weighted by molar-refractivity contribution is 6.30. The molecule has 20 heavy (non-hydrogen) atoms. The Morgan fingerprint density at radius 3 is 2.55 bits per heavy atom. The Morgan fingerprint density at radius 2 is 1.75 bits per heavy atom. The van der Waals surface area contributed by atoms with E-state index in [1.165, 1.54) is 18.4 Å². The number of aromatic nitrogens is 2. The largest absolute Gasteiger partial charge is 0.366 e. The van der Waals surface area contributed by atoms with E-state index in [1.807, 2.05) is 24.3 Å². The molecule has 0 unspecified atom stereocenters. The third-order valence-corrected chi connectivity index (χ3v) is 3.95. The highest BCUT2D eigenvalue weighted by Crippen LogP contribution is 2.27. The number of halogens is 2. The van der Waals surface area contributed by atoms with Gasteiger partial charge >= 0.3 is 0 Å². The summed E-state index contributed by atoms with van der Waals surface area (Å²) in [6.45, 7) is 0.705. The summed E-state index contributed by atoms with van der Waals surface area (Å²) in [7, 11) is 0. The summed E-state index contributed by atoms with van der Waals surface area (Å²) in [5.41, 5.74) is 3.47. The Labute approximate surface area is 128 Å². The smallest absolute Gasteiger partial charge is 0.224 e. The molecule has 2 aromatic rings. The van der Waals surface area contributed by atoms with Gasteiger partial charge in [-0.1, -0.05) is 23.7 Å². The number of anilines is 1. The van der Waals surface area contributed by atoms with Crippen molar-refractivity contribution in [1.29, 1.82) is 0 Å². The van der Waals surface area contributed by atoms with Crippen LogP contribution < -0.4 is 5.32 Å². The summed E-state index contributed by atoms with van der Waals surface area (Å²) in [4.78, 5) is 8.67. The minimum absolute atomic E-state index is 0.323. The molecule has 0 radical (unpaired) electrons. The van der Waals surface area contributed by atoms with Crippen molar-refractivity contribution in [2.45, 2.75) is 32.2 Å². The van der Waals surface area contributed by atoms with Crippen molar-refractivity contribution in [1.82, 2.24) is 9.97 Å². The van der Waals surface area contributed by atoms with E-state index in [4.69, 9.17) is 23.2 Å². The van der Waals surface area contributed by atoms with Gasteiger partial charge in [-0.25, -0.2) is 9.97 Å². The van der Waals surface area contributed by atoms with Crippen LogP contribution in [0.4, 0.5) is 5.82 Å². The number of rotatable bonds is 3. The zero-order chi connectivity index (χ0) is 13.9. The van der Waals surface area contributed by atoms with Gasteiger partial charge in [0.1, 0.15) is 5.82 Å². The van der Waals surface area contributed by atoms with Gasteiger partial charge in [-0.3, -0.25) is 0 Å². The van der Waals surface area contributed by atoms with Gasteiger partial charge in [0.2, 0.25) is 5.28 Å². The third kappa shape index (κ3) is 3.05. The van der Waals surface area contributed by atoms with Crippen molar-refractivity contribution < 1.29 is 0 Å². The number of hydrogen-bond donors (Lipinski definition) is 1. The molecule has 1 N–H and O–H groups in total. The van der Waals surface area contributed by atoms with E-state index >= 15 is 0 Å². The Kier molecular flexibility index (Phi) is 4.08. The molecule has 0 aliphatic heterocycles. The summed E-state index contributed by atoms with van der Waals surface area (Å²) in [6.07, 6.45) is 4.38. The molecule has 1 heterocycles.